The van der Waals surface area contributed by atoms with Crippen LogP contribution in [0.1, 0.15) is 38.3 Å². The first-order valence-electron chi connectivity index (χ1n) is 9.38. The zero-order chi connectivity index (χ0) is 19.7. The Morgan fingerprint density at radius 3 is 2.50 bits per heavy atom. The highest BCUT2D eigenvalue weighted by Gasteiger charge is 2.48. The van der Waals surface area contributed by atoms with Crippen LogP contribution in [-0.2, 0) is 6.42 Å². The van der Waals surface area contributed by atoms with Gasteiger partial charge in [0.1, 0.15) is 0 Å². The number of rotatable bonds is 4. The predicted octanol–water partition coefficient (Wildman–Crippen LogP) is 4.31. The Morgan fingerprint density at radius 1 is 1.18 bits per heavy atom. The molecule has 2 aromatic heterocycles. The number of amides is 2. The fourth-order valence-electron chi connectivity index (χ4n) is 3.70. The fourth-order valence-corrected chi connectivity index (χ4v) is 3.70. The highest BCUT2D eigenvalue weighted by atomic mass is 16.4. The van der Waals surface area contributed by atoms with E-state index in [1.54, 1.807) is 12.4 Å². The number of aryl methyl sites for hydroxylation is 1. The van der Waals surface area contributed by atoms with Crippen molar-refractivity contribution in [2.24, 2.45) is 5.41 Å². The van der Waals surface area contributed by atoms with Crippen LogP contribution in [0.25, 0.3) is 11.5 Å². The van der Waals surface area contributed by atoms with E-state index >= 15 is 0 Å². The molecule has 0 radical (unpaired) electrons. The van der Waals surface area contributed by atoms with Crippen molar-refractivity contribution in [2.75, 3.05) is 11.9 Å². The molecule has 7 nitrogen and oxygen atoms in total. The van der Waals surface area contributed by atoms with Crippen LogP contribution < -0.4 is 5.32 Å². The molecule has 1 saturated heterocycles. The number of anilines is 1. The summed E-state index contributed by atoms with van der Waals surface area (Å²) in [6, 6.07) is 11.3. The molecule has 1 unspecified atom stereocenters. The lowest BCUT2D eigenvalue weighted by Gasteiger charge is -2.54. The zero-order valence-corrected chi connectivity index (χ0v) is 16.2. The van der Waals surface area contributed by atoms with E-state index in [0.29, 0.717) is 24.7 Å². The van der Waals surface area contributed by atoms with E-state index in [-0.39, 0.29) is 17.5 Å². The van der Waals surface area contributed by atoms with Crippen LogP contribution in [0.4, 0.5) is 10.5 Å². The molecule has 2 amide bonds. The molecule has 0 saturated carbocycles. The van der Waals surface area contributed by atoms with E-state index in [2.05, 4.69) is 34.3 Å². The highest BCUT2D eigenvalue weighted by Crippen LogP contribution is 2.48. The number of likely N-dealkylation sites (tertiary alicyclic amines) is 1. The summed E-state index contributed by atoms with van der Waals surface area (Å²) in [6.07, 6.45) is 4.23. The van der Waals surface area contributed by atoms with Gasteiger partial charge in [-0.3, -0.25) is 4.98 Å². The molecule has 3 heterocycles. The van der Waals surface area contributed by atoms with E-state index in [4.69, 9.17) is 4.42 Å². The first-order valence-corrected chi connectivity index (χ1v) is 9.38. The maximum absolute atomic E-state index is 12.8. The molecular formula is C21H23N5O2. The van der Waals surface area contributed by atoms with Crippen molar-refractivity contribution in [1.82, 2.24) is 20.1 Å². The van der Waals surface area contributed by atoms with Crippen LogP contribution in [-0.4, -0.2) is 32.7 Å². The molecule has 144 valence electrons. The number of aromatic nitrogens is 3. The minimum absolute atomic E-state index is 0.0253. The van der Waals surface area contributed by atoms with Crippen LogP contribution >= 0.6 is 0 Å². The molecule has 0 aliphatic carbocycles. The summed E-state index contributed by atoms with van der Waals surface area (Å²) in [4.78, 5) is 18.8. The first kappa shape index (κ1) is 18.2. The number of hydrogen-bond acceptors (Lipinski definition) is 5. The number of nitrogens with zero attached hydrogens (tertiary/aromatic N) is 4. The second-order valence-corrected chi connectivity index (χ2v) is 7.66. The molecule has 4 rings (SSSR count). The molecule has 1 aliphatic rings. The Morgan fingerprint density at radius 2 is 1.89 bits per heavy atom. The summed E-state index contributed by atoms with van der Waals surface area (Å²) < 4.78 is 5.57. The number of urea groups is 1. The summed E-state index contributed by atoms with van der Waals surface area (Å²) in [5.41, 5.74) is 2.67. The molecule has 7 heteroatoms. The van der Waals surface area contributed by atoms with E-state index < -0.39 is 0 Å². The van der Waals surface area contributed by atoms with Crippen LogP contribution in [0.2, 0.25) is 0 Å². The smallest absolute Gasteiger partial charge is 0.322 e. The second-order valence-electron chi connectivity index (χ2n) is 7.66. The molecule has 1 fully saturated rings. The predicted molar refractivity (Wildman–Crippen MR) is 106 cm³/mol. The minimum atomic E-state index is -0.111. The Hall–Kier alpha value is -3.22. The quantitative estimate of drug-likeness (QED) is 0.732. The summed E-state index contributed by atoms with van der Waals surface area (Å²) in [5.74, 6) is 1.09. The molecule has 0 bridgehead atoms. The highest BCUT2D eigenvalue weighted by molar-refractivity contribution is 5.90. The van der Waals surface area contributed by atoms with Gasteiger partial charge in [0.15, 0.2) is 0 Å². The van der Waals surface area contributed by atoms with Gasteiger partial charge >= 0.3 is 6.03 Å². The molecule has 1 aromatic carbocycles. The van der Waals surface area contributed by atoms with E-state index in [1.165, 1.54) is 0 Å². The summed E-state index contributed by atoms with van der Waals surface area (Å²) in [5, 5.41) is 11.0. The van der Waals surface area contributed by atoms with Crippen LogP contribution in [0, 0.1) is 5.41 Å². The van der Waals surface area contributed by atoms with Crippen molar-refractivity contribution in [3.05, 3.63) is 60.2 Å². The lowest BCUT2D eigenvalue weighted by atomic mass is 9.72. The topological polar surface area (TPSA) is 84.2 Å². The van der Waals surface area contributed by atoms with Crippen LogP contribution in [0.3, 0.4) is 0 Å². The third-order valence-corrected chi connectivity index (χ3v) is 5.06. The third-order valence-electron chi connectivity index (χ3n) is 5.06. The summed E-state index contributed by atoms with van der Waals surface area (Å²) in [7, 11) is 0. The number of hydrogen-bond donors (Lipinski definition) is 1. The van der Waals surface area contributed by atoms with Crippen molar-refractivity contribution >= 4 is 11.7 Å². The lowest BCUT2D eigenvalue weighted by molar-refractivity contribution is -0.0115. The minimum Gasteiger partial charge on any atom is -0.421 e. The van der Waals surface area contributed by atoms with E-state index in [9.17, 15) is 4.79 Å². The summed E-state index contributed by atoms with van der Waals surface area (Å²) in [6.45, 7) is 7.01. The Labute approximate surface area is 163 Å². The maximum Gasteiger partial charge on any atom is 0.322 e. The molecule has 1 atom stereocenters. The molecule has 1 aliphatic heterocycles. The molecule has 3 aromatic rings. The van der Waals surface area contributed by atoms with Gasteiger partial charge in [0.05, 0.1) is 6.04 Å². The van der Waals surface area contributed by atoms with Gasteiger partial charge < -0.3 is 14.6 Å². The number of pyridine rings is 1. The van der Waals surface area contributed by atoms with Gasteiger partial charge in [0.25, 0.3) is 0 Å². The van der Waals surface area contributed by atoms with Crippen molar-refractivity contribution in [1.29, 1.82) is 0 Å². The van der Waals surface area contributed by atoms with Gasteiger partial charge in [0.2, 0.25) is 11.8 Å². The van der Waals surface area contributed by atoms with Gasteiger partial charge in [-0.15, -0.1) is 10.2 Å². The standard InChI is InChI=1S/C21H23N5O2/c1-4-17-24-25-19(28-17)15-5-7-16(8-6-15)23-20(27)26-13-21(2,3)18(26)14-9-11-22-12-10-14/h5-12,18H,4,13H2,1-3H3,(H,23,27). The van der Waals surface area contributed by atoms with E-state index in [1.807, 2.05) is 48.2 Å². The van der Waals surface area contributed by atoms with Gasteiger partial charge in [0, 0.05) is 42.0 Å². The SMILES string of the molecule is CCc1nnc(-c2ccc(NC(=O)N3CC(C)(C)C3c3ccncc3)cc2)o1. The zero-order valence-electron chi connectivity index (χ0n) is 16.2. The Kier molecular flexibility index (Phi) is 4.58. The second kappa shape index (κ2) is 7.07. The summed E-state index contributed by atoms with van der Waals surface area (Å²) >= 11 is 0. The van der Waals surface area contributed by atoms with Gasteiger partial charge in [-0.2, -0.15) is 0 Å². The van der Waals surface area contributed by atoms with E-state index in [0.717, 1.165) is 16.8 Å². The fraction of sp³-hybridized carbons (Fsp3) is 0.333. The average Bonchev–Trinajstić information content (AvgIpc) is 3.17. The lowest BCUT2D eigenvalue weighted by Crippen LogP contribution is -2.59. The largest absolute Gasteiger partial charge is 0.421 e. The van der Waals surface area contributed by atoms with Crippen molar-refractivity contribution in [3.63, 3.8) is 0 Å². The number of carbonyl (C=O) groups is 1. The number of benzene rings is 1. The maximum atomic E-state index is 12.8. The first-order chi connectivity index (χ1) is 13.5. The number of carbonyl (C=O) groups excluding carboxylic acids is 1. The third kappa shape index (κ3) is 3.35. The monoisotopic (exact) mass is 377 g/mol. The van der Waals surface area contributed by atoms with Gasteiger partial charge in [-0.1, -0.05) is 20.8 Å². The van der Waals surface area contributed by atoms with Crippen molar-refractivity contribution < 1.29 is 9.21 Å². The Bertz CT molecular complexity index is 966. The van der Waals surface area contributed by atoms with Crippen molar-refractivity contribution in [3.8, 4) is 11.5 Å². The van der Waals surface area contributed by atoms with Gasteiger partial charge in [-0.05, 0) is 42.0 Å². The Balaban J connectivity index is 1.46. The molecule has 28 heavy (non-hydrogen) atoms. The number of nitrogens with one attached hydrogen (secondary N) is 1. The van der Waals surface area contributed by atoms with Gasteiger partial charge in [-0.25, -0.2) is 4.79 Å². The molecule has 1 N–H and O–H groups in total. The van der Waals surface area contributed by atoms with Crippen LogP contribution in [0.15, 0.2) is 53.2 Å². The van der Waals surface area contributed by atoms with Crippen LogP contribution in [0.5, 0.6) is 0 Å². The average molecular weight is 377 g/mol. The molecular weight excluding hydrogens is 354 g/mol. The van der Waals surface area contributed by atoms with Crippen molar-refractivity contribution in [2.45, 2.75) is 33.2 Å². The molecule has 0 spiro atoms. The normalized spacial score (nSPS) is 17.8.